The second-order valence-electron chi connectivity index (χ2n) is 4.57. The van der Waals surface area contributed by atoms with Gasteiger partial charge in [0.25, 0.3) is 0 Å². The lowest BCUT2D eigenvalue weighted by molar-refractivity contribution is -0.372. The molecular weight excluding hydrogens is 256 g/mol. The van der Waals surface area contributed by atoms with Gasteiger partial charge in [-0.15, -0.1) is 0 Å². The molecule has 0 radical (unpaired) electrons. The van der Waals surface area contributed by atoms with Gasteiger partial charge in [0.2, 0.25) is 0 Å². The third kappa shape index (κ3) is 2.76. The minimum atomic E-state index is -1.37. The highest BCUT2D eigenvalue weighted by atomic mass is 16.9. The largest absolute Gasteiger partial charge is 0.443 e. The summed E-state index contributed by atoms with van der Waals surface area (Å²) in [5, 5.41) is 0. The molecule has 0 saturated heterocycles. The Kier molecular flexibility index (Phi) is 4.57. The van der Waals surface area contributed by atoms with Gasteiger partial charge >= 0.3 is 5.97 Å². The monoisotopic (exact) mass is 276 g/mol. The van der Waals surface area contributed by atoms with E-state index in [2.05, 4.69) is 0 Å². The van der Waals surface area contributed by atoms with Crippen molar-refractivity contribution in [3.63, 3.8) is 0 Å². The van der Waals surface area contributed by atoms with Crippen molar-refractivity contribution in [3.8, 4) is 0 Å². The second kappa shape index (κ2) is 6.20. The first-order valence-corrected chi connectivity index (χ1v) is 6.87. The number of allylic oxidation sites excluding steroid dienone is 2. The molecule has 0 N–H and O–H groups in total. The molecule has 1 aromatic carbocycles. The average molecular weight is 276 g/mol. The minimum Gasteiger partial charge on any atom is -0.443 e. The molecule has 0 saturated carbocycles. The number of ether oxygens (including phenoxy) is 3. The molecule has 0 spiro atoms. The first-order valence-electron chi connectivity index (χ1n) is 6.87. The quantitative estimate of drug-likeness (QED) is 0.775. The molecule has 1 unspecified atom stereocenters. The normalized spacial score (nSPS) is 21.2. The summed E-state index contributed by atoms with van der Waals surface area (Å²) in [5.41, 5.74) is 0.822. The van der Waals surface area contributed by atoms with Crippen molar-refractivity contribution >= 4 is 5.78 Å². The lowest BCUT2D eigenvalue weighted by Crippen LogP contribution is -2.49. The Balaban J connectivity index is 2.49. The predicted octanol–water partition coefficient (Wildman–Crippen LogP) is 3.00. The van der Waals surface area contributed by atoms with Crippen molar-refractivity contribution < 1.29 is 19.0 Å². The van der Waals surface area contributed by atoms with Gasteiger partial charge in [-0.1, -0.05) is 30.3 Å². The van der Waals surface area contributed by atoms with Crippen LogP contribution < -0.4 is 0 Å². The van der Waals surface area contributed by atoms with E-state index in [0.717, 1.165) is 5.56 Å². The van der Waals surface area contributed by atoms with Crippen LogP contribution >= 0.6 is 0 Å². The van der Waals surface area contributed by atoms with Gasteiger partial charge in [0, 0.05) is 6.08 Å². The van der Waals surface area contributed by atoms with Crippen LogP contribution in [0.5, 0.6) is 0 Å². The van der Waals surface area contributed by atoms with E-state index in [-0.39, 0.29) is 5.78 Å². The van der Waals surface area contributed by atoms with Crippen molar-refractivity contribution in [3.05, 3.63) is 47.7 Å². The van der Waals surface area contributed by atoms with Crippen molar-refractivity contribution in [2.24, 2.45) is 0 Å². The summed E-state index contributed by atoms with van der Waals surface area (Å²) < 4.78 is 17.2. The fraction of sp³-hybridized carbons (Fsp3) is 0.438. The molecule has 0 fully saturated rings. The summed E-state index contributed by atoms with van der Waals surface area (Å²) in [5.74, 6) is -1.56. The number of carbonyl (C=O) groups is 1. The molecule has 1 atom stereocenters. The number of rotatable bonds is 5. The molecule has 1 heterocycles. The highest BCUT2D eigenvalue weighted by Gasteiger charge is 2.50. The van der Waals surface area contributed by atoms with E-state index in [1.807, 2.05) is 44.2 Å². The van der Waals surface area contributed by atoms with E-state index >= 15 is 0 Å². The van der Waals surface area contributed by atoms with Crippen molar-refractivity contribution in [1.29, 1.82) is 0 Å². The van der Waals surface area contributed by atoms with Gasteiger partial charge in [-0.3, -0.25) is 4.79 Å². The molecule has 4 heteroatoms. The Morgan fingerprint density at radius 3 is 2.30 bits per heavy atom. The lowest BCUT2D eigenvalue weighted by Gasteiger charge is -2.40. The molecule has 20 heavy (non-hydrogen) atoms. The van der Waals surface area contributed by atoms with Crippen molar-refractivity contribution in [2.45, 2.75) is 32.7 Å². The van der Waals surface area contributed by atoms with Crippen LogP contribution in [0.3, 0.4) is 0 Å². The van der Waals surface area contributed by atoms with Gasteiger partial charge in [0.15, 0.2) is 5.78 Å². The Morgan fingerprint density at radius 1 is 1.15 bits per heavy atom. The van der Waals surface area contributed by atoms with E-state index in [4.69, 9.17) is 14.2 Å². The van der Waals surface area contributed by atoms with Crippen LogP contribution in [-0.4, -0.2) is 25.0 Å². The molecule has 1 aliphatic heterocycles. The number of hydrogen-bond acceptors (Lipinski definition) is 4. The maximum atomic E-state index is 12.5. The van der Waals surface area contributed by atoms with Crippen LogP contribution in [0.1, 0.15) is 32.3 Å². The summed E-state index contributed by atoms with van der Waals surface area (Å²) in [7, 11) is 0. The molecule has 4 nitrogen and oxygen atoms in total. The number of benzene rings is 1. The zero-order valence-electron chi connectivity index (χ0n) is 12.1. The Hall–Kier alpha value is -1.65. The predicted molar refractivity (Wildman–Crippen MR) is 75.0 cm³/mol. The third-order valence-corrected chi connectivity index (χ3v) is 3.11. The third-order valence-electron chi connectivity index (χ3n) is 3.11. The van der Waals surface area contributed by atoms with Crippen LogP contribution in [0, 0.1) is 0 Å². The maximum Gasteiger partial charge on any atom is 0.341 e. The zero-order valence-corrected chi connectivity index (χ0v) is 12.1. The zero-order chi connectivity index (χ0) is 14.6. The second-order valence-corrected chi connectivity index (χ2v) is 4.57. The highest BCUT2D eigenvalue weighted by molar-refractivity contribution is 5.97. The van der Waals surface area contributed by atoms with Crippen LogP contribution in [0.2, 0.25) is 0 Å². The fourth-order valence-electron chi connectivity index (χ4n) is 2.45. The van der Waals surface area contributed by atoms with Crippen LogP contribution in [-0.2, 0) is 19.0 Å². The Morgan fingerprint density at radius 2 is 1.75 bits per heavy atom. The summed E-state index contributed by atoms with van der Waals surface area (Å²) in [6.07, 6.45) is 1.49. The summed E-state index contributed by atoms with van der Waals surface area (Å²) >= 11 is 0. The standard InChI is InChI=1S/C16H20O4/c1-4-18-16(19-5-2)15(13-9-7-6-8-10-13)14(17)11-12(3)20-16/h6-11,15H,4-5H2,1-3H3. The number of carbonyl (C=O) groups excluding carboxylic acids is 1. The van der Waals surface area contributed by atoms with Gasteiger partial charge in [0.05, 0.1) is 13.2 Å². The maximum absolute atomic E-state index is 12.5. The van der Waals surface area contributed by atoms with E-state index < -0.39 is 11.9 Å². The Labute approximate surface area is 119 Å². The topological polar surface area (TPSA) is 44.8 Å². The fourth-order valence-corrected chi connectivity index (χ4v) is 2.45. The summed E-state index contributed by atoms with van der Waals surface area (Å²) in [4.78, 5) is 12.5. The first kappa shape index (κ1) is 14.8. The van der Waals surface area contributed by atoms with Gasteiger partial charge in [0.1, 0.15) is 11.7 Å². The molecule has 0 aliphatic carbocycles. The molecular formula is C16H20O4. The Bertz CT molecular complexity index is 486. The molecule has 0 bridgehead atoms. The molecule has 2 rings (SSSR count). The molecule has 108 valence electrons. The van der Waals surface area contributed by atoms with E-state index in [0.29, 0.717) is 19.0 Å². The average Bonchev–Trinajstić information content (AvgIpc) is 2.39. The molecule has 1 aromatic rings. The highest BCUT2D eigenvalue weighted by Crippen LogP contribution is 2.40. The lowest BCUT2D eigenvalue weighted by atomic mass is 9.90. The van der Waals surface area contributed by atoms with Gasteiger partial charge in [-0.2, -0.15) is 0 Å². The van der Waals surface area contributed by atoms with Crippen LogP contribution in [0.15, 0.2) is 42.2 Å². The van der Waals surface area contributed by atoms with Crippen molar-refractivity contribution in [1.82, 2.24) is 0 Å². The van der Waals surface area contributed by atoms with Gasteiger partial charge < -0.3 is 14.2 Å². The smallest absolute Gasteiger partial charge is 0.341 e. The van der Waals surface area contributed by atoms with Crippen molar-refractivity contribution in [2.75, 3.05) is 13.2 Å². The summed E-state index contributed by atoms with van der Waals surface area (Å²) in [6, 6.07) is 9.44. The number of ketones is 1. The molecule has 0 aromatic heterocycles. The summed E-state index contributed by atoms with van der Waals surface area (Å²) in [6.45, 7) is 6.22. The van der Waals surface area contributed by atoms with E-state index in [1.165, 1.54) is 6.08 Å². The SMILES string of the molecule is CCOC1(OCC)OC(C)=CC(=O)C1c1ccccc1. The van der Waals surface area contributed by atoms with Crippen LogP contribution in [0.25, 0.3) is 0 Å². The van der Waals surface area contributed by atoms with Gasteiger partial charge in [-0.25, -0.2) is 0 Å². The van der Waals surface area contributed by atoms with E-state index in [1.54, 1.807) is 6.92 Å². The minimum absolute atomic E-state index is 0.0677. The molecule has 1 aliphatic rings. The first-order chi connectivity index (χ1) is 9.63. The van der Waals surface area contributed by atoms with Gasteiger partial charge in [-0.05, 0) is 26.3 Å². The number of hydrogen-bond donors (Lipinski definition) is 0. The van der Waals surface area contributed by atoms with Crippen LogP contribution in [0.4, 0.5) is 0 Å². The van der Waals surface area contributed by atoms with E-state index in [9.17, 15) is 4.79 Å². The molecule has 0 amide bonds.